The molecule has 1 aromatic carbocycles. The summed E-state index contributed by atoms with van der Waals surface area (Å²) in [6.45, 7) is 3.96. The number of hydrogen-bond donors (Lipinski definition) is 1. The van der Waals surface area contributed by atoms with Gasteiger partial charge >= 0.3 is 0 Å². The van der Waals surface area contributed by atoms with Crippen LogP contribution in [0.1, 0.15) is 29.9 Å². The highest BCUT2D eigenvalue weighted by Crippen LogP contribution is 2.31. The van der Waals surface area contributed by atoms with Gasteiger partial charge in [0.15, 0.2) is 0 Å². The molecule has 0 bridgehead atoms. The predicted molar refractivity (Wildman–Crippen MR) is 85.3 cm³/mol. The van der Waals surface area contributed by atoms with E-state index < -0.39 is 0 Å². The van der Waals surface area contributed by atoms with Crippen LogP contribution >= 0.6 is 0 Å². The molecule has 1 saturated heterocycles. The Bertz CT molecular complexity index is 728. The van der Waals surface area contributed by atoms with Crippen molar-refractivity contribution in [2.75, 3.05) is 20.2 Å². The van der Waals surface area contributed by atoms with Crippen LogP contribution in [0.2, 0.25) is 0 Å². The van der Waals surface area contributed by atoms with Crippen LogP contribution < -0.4 is 15.6 Å². The zero-order valence-electron chi connectivity index (χ0n) is 12.9. The molecule has 0 atom stereocenters. The predicted octanol–water partition coefficient (Wildman–Crippen LogP) is 2.32. The van der Waals surface area contributed by atoms with Crippen molar-refractivity contribution in [1.29, 1.82) is 0 Å². The lowest BCUT2D eigenvalue weighted by atomic mass is 9.89. The molecule has 0 radical (unpaired) electrons. The summed E-state index contributed by atoms with van der Waals surface area (Å²) >= 11 is 0. The van der Waals surface area contributed by atoms with E-state index in [2.05, 4.69) is 23.5 Å². The molecule has 0 unspecified atom stereocenters. The van der Waals surface area contributed by atoms with Gasteiger partial charge in [0.2, 0.25) is 0 Å². The van der Waals surface area contributed by atoms with Gasteiger partial charge in [0.05, 0.1) is 18.2 Å². The second-order valence-electron chi connectivity index (χ2n) is 5.82. The normalized spacial score (nSPS) is 16.3. The highest BCUT2D eigenvalue weighted by Gasteiger charge is 2.18. The van der Waals surface area contributed by atoms with Gasteiger partial charge in [0.1, 0.15) is 5.75 Å². The molecule has 2 aromatic rings. The lowest BCUT2D eigenvalue weighted by Gasteiger charge is -2.23. The third-order valence-corrected chi connectivity index (χ3v) is 4.61. The maximum Gasteiger partial charge on any atom is 0.257 e. The number of rotatable bonds is 2. The first-order valence-electron chi connectivity index (χ1n) is 7.51. The van der Waals surface area contributed by atoms with Crippen LogP contribution in [0.25, 0.3) is 10.9 Å². The molecule has 2 heterocycles. The Morgan fingerprint density at radius 3 is 2.67 bits per heavy atom. The van der Waals surface area contributed by atoms with E-state index in [1.165, 1.54) is 5.56 Å². The minimum absolute atomic E-state index is 0.0156. The molecular formula is C17H22N2O2. The minimum Gasteiger partial charge on any atom is -0.496 e. The van der Waals surface area contributed by atoms with Gasteiger partial charge in [-0.2, -0.15) is 0 Å². The Morgan fingerprint density at radius 1 is 1.29 bits per heavy atom. The molecule has 4 nitrogen and oxygen atoms in total. The monoisotopic (exact) mass is 286 g/mol. The Hall–Kier alpha value is -1.81. The number of aromatic nitrogens is 1. The van der Waals surface area contributed by atoms with Crippen molar-refractivity contribution in [2.24, 2.45) is 7.05 Å². The number of aryl methyl sites for hydroxylation is 1. The summed E-state index contributed by atoms with van der Waals surface area (Å²) in [6, 6.07) is 6.44. The summed E-state index contributed by atoms with van der Waals surface area (Å²) in [5.41, 5.74) is 2.97. The molecule has 21 heavy (non-hydrogen) atoms. The average molecular weight is 286 g/mol. The van der Waals surface area contributed by atoms with Gasteiger partial charge in [0.25, 0.3) is 5.56 Å². The highest BCUT2D eigenvalue weighted by molar-refractivity contribution is 5.87. The fraction of sp³-hybridized carbons (Fsp3) is 0.471. The smallest absolute Gasteiger partial charge is 0.257 e. The third-order valence-electron chi connectivity index (χ3n) is 4.61. The first kappa shape index (κ1) is 14.1. The summed E-state index contributed by atoms with van der Waals surface area (Å²) in [5, 5.41) is 4.40. The van der Waals surface area contributed by atoms with E-state index in [0.717, 1.165) is 36.8 Å². The number of hydrogen-bond acceptors (Lipinski definition) is 3. The van der Waals surface area contributed by atoms with Crippen LogP contribution in [-0.2, 0) is 7.05 Å². The minimum atomic E-state index is 0.0156. The summed E-state index contributed by atoms with van der Waals surface area (Å²) in [5.74, 6) is 1.28. The first-order valence-corrected chi connectivity index (χ1v) is 7.51. The number of piperidine rings is 1. The van der Waals surface area contributed by atoms with Crippen LogP contribution in [0, 0.1) is 6.92 Å². The van der Waals surface area contributed by atoms with Crippen LogP contribution in [0.3, 0.4) is 0 Å². The van der Waals surface area contributed by atoms with Crippen molar-refractivity contribution in [3.05, 3.63) is 39.7 Å². The molecule has 0 amide bonds. The number of pyridine rings is 1. The van der Waals surface area contributed by atoms with E-state index in [0.29, 0.717) is 17.2 Å². The topological polar surface area (TPSA) is 43.3 Å². The van der Waals surface area contributed by atoms with E-state index >= 15 is 0 Å². The molecule has 4 heteroatoms. The van der Waals surface area contributed by atoms with E-state index in [1.54, 1.807) is 11.7 Å². The van der Waals surface area contributed by atoms with Crippen LogP contribution in [0.4, 0.5) is 0 Å². The molecule has 1 aliphatic rings. The molecule has 1 N–H and O–H groups in total. The molecule has 1 aromatic heterocycles. The summed E-state index contributed by atoms with van der Waals surface area (Å²) < 4.78 is 7.19. The highest BCUT2D eigenvalue weighted by atomic mass is 16.5. The van der Waals surface area contributed by atoms with Crippen LogP contribution in [0.15, 0.2) is 23.0 Å². The number of nitrogens with one attached hydrogen (secondary N) is 1. The van der Waals surface area contributed by atoms with Gasteiger partial charge in [0, 0.05) is 12.4 Å². The number of ether oxygens (including phenoxy) is 1. The van der Waals surface area contributed by atoms with Crippen molar-refractivity contribution >= 4 is 10.9 Å². The standard InChI is InChI=1S/C17H22N2O2/c1-11-16(21-3)14-5-4-13(12-6-8-18-9-7-12)10-15(14)19(2)17(11)20/h4-5,10,12,18H,6-9H2,1-3H3. The number of nitrogens with zero attached hydrogens (tertiary/aromatic N) is 1. The number of methoxy groups -OCH3 is 1. The van der Waals surface area contributed by atoms with E-state index in [1.807, 2.05) is 14.0 Å². The summed E-state index contributed by atoms with van der Waals surface area (Å²) in [6.07, 6.45) is 2.31. The second-order valence-corrected chi connectivity index (χ2v) is 5.82. The van der Waals surface area contributed by atoms with Crippen molar-refractivity contribution < 1.29 is 4.74 Å². The Morgan fingerprint density at radius 2 is 2.00 bits per heavy atom. The molecule has 1 fully saturated rings. The molecule has 112 valence electrons. The lowest BCUT2D eigenvalue weighted by molar-refractivity contribution is 0.415. The zero-order valence-corrected chi connectivity index (χ0v) is 12.9. The average Bonchev–Trinajstić information content (AvgIpc) is 2.54. The van der Waals surface area contributed by atoms with Crippen molar-refractivity contribution in [1.82, 2.24) is 9.88 Å². The molecule has 3 rings (SSSR count). The van der Waals surface area contributed by atoms with Gasteiger partial charge in [-0.1, -0.05) is 6.07 Å². The van der Waals surface area contributed by atoms with Gasteiger partial charge < -0.3 is 14.6 Å². The fourth-order valence-corrected chi connectivity index (χ4v) is 3.35. The van der Waals surface area contributed by atoms with Crippen LogP contribution in [-0.4, -0.2) is 24.8 Å². The van der Waals surface area contributed by atoms with Crippen molar-refractivity contribution in [3.8, 4) is 5.75 Å². The molecule has 1 aliphatic heterocycles. The van der Waals surface area contributed by atoms with Crippen molar-refractivity contribution in [3.63, 3.8) is 0 Å². The Labute approximate surface area is 124 Å². The largest absolute Gasteiger partial charge is 0.496 e. The van der Waals surface area contributed by atoms with Crippen molar-refractivity contribution in [2.45, 2.75) is 25.7 Å². The first-order chi connectivity index (χ1) is 10.1. The maximum absolute atomic E-state index is 12.3. The zero-order chi connectivity index (χ0) is 15.0. The quantitative estimate of drug-likeness (QED) is 0.921. The molecule has 0 saturated carbocycles. The van der Waals surface area contributed by atoms with Gasteiger partial charge in [-0.3, -0.25) is 4.79 Å². The van der Waals surface area contributed by atoms with E-state index in [9.17, 15) is 4.79 Å². The van der Waals surface area contributed by atoms with Crippen LogP contribution in [0.5, 0.6) is 5.75 Å². The maximum atomic E-state index is 12.3. The second kappa shape index (κ2) is 5.53. The Balaban J connectivity index is 2.19. The molecular weight excluding hydrogens is 264 g/mol. The van der Waals surface area contributed by atoms with Gasteiger partial charge in [-0.15, -0.1) is 0 Å². The van der Waals surface area contributed by atoms with E-state index in [4.69, 9.17) is 4.74 Å². The molecule has 0 spiro atoms. The lowest BCUT2D eigenvalue weighted by Crippen LogP contribution is -2.26. The fourth-order valence-electron chi connectivity index (χ4n) is 3.35. The van der Waals surface area contributed by atoms with E-state index in [-0.39, 0.29) is 5.56 Å². The number of benzene rings is 1. The number of fused-ring (bicyclic) bond motifs is 1. The third kappa shape index (κ3) is 2.33. The Kier molecular flexibility index (Phi) is 3.72. The summed E-state index contributed by atoms with van der Waals surface area (Å²) in [4.78, 5) is 12.3. The van der Waals surface area contributed by atoms with Gasteiger partial charge in [-0.05, 0) is 56.5 Å². The SMILES string of the molecule is COc1c(C)c(=O)n(C)c2cc(C3CCNCC3)ccc12. The molecule has 0 aliphatic carbocycles. The van der Waals surface area contributed by atoms with Gasteiger partial charge in [-0.25, -0.2) is 0 Å². The summed E-state index contributed by atoms with van der Waals surface area (Å²) in [7, 11) is 3.46.